The monoisotopic (exact) mass is 479 g/mol. The Balaban J connectivity index is 1.78. The second-order valence-electron chi connectivity index (χ2n) is 8.16. The second-order valence-corrected chi connectivity index (χ2v) is 9.85. The highest BCUT2D eigenvalue weighted by atomic mass is 32.2. The van der Waals surface area contributed by atoms with Gasteiger partial charge in [0.2, 0.25) is 0 Å². The van der Waals surface area contributed by atoms with Crippen molar-refractivity contribution in [1.29, 1.82) is 0 Å². The van der Waals surface area contributed by atoms with Crippen LogP contribution < -0.4 is 15.2 Å². The van der Waals surface area contributed by atoms with Gasteiger partial charge in [-0.1, -0.05) is 17.7 Å². The summed E-state index contributed by atoms with van der Waals surface area (Å²) in [6.45, 7) is 5.81. The van der Waals surface area contributed by atoms with E-state index in [1.165, 1.54) is 31.6 Å². The Morgan fingerprint density at radius 2 is 1.82 bits per heavy atom. The Morgan fingerprint density at radius 3 is 2.47 bits per heavy atom. The van der Waals surface area contributed by atoms with Gasteiger partial charge in [0.25, 0.3) is 10.0 Å². The molecule has 0 radical (unpaired) electrons. The molecule has 0 unspecified atom stereocenters. The average molecular weight is 480 g/mol. The number of benzene rings is 2. The van der Waals surface area contributed by atoms with Crippen LogP contribution >= 0.6 is 0 Å². The summed E-state index contributed by atoms with van der Waals surface area (Å²) in [5.74, 6) is 0.130. The Morgan fingerprint density at radius 1 is 1.12 bits per heavy atom. The number of aromatic nitrogens is 3. The molecule has 0 spiro atoms. The first-order valence-electron chi connectivity index (χ1n) is 10.6. The van der Waals surface area contributed by atoms with Gasteiger partial charge in [-0.15, -0.1) is 0 Å². The number of carbonyl (C=O) groups excluding carboxylic acids is 1. The van der Waals surface area contributed by atoms with Crippen LogP contribution in [0.25, 0.3) is 11.0 Å². The molecule has 0 aliphatic carbocycles. The topological polar surface area (TPSA) is 129 Å². The minimum Gasteiger partial charge on any atom is -0.495 e. The van der Waals surface area contributed by atoms with E-state index in [2.05, 4.69) is 14.7 Å². The van der Waals surface area contributed by atoms with Crippen molar-refractivity contribution in [1.82, 2.24) is 14.5 Å². The van der Waals surface area contributed by atoms with Gasteiger partial charge in [-0.3, -0.25) is 9.52 Å². The minimum atomic E-state index is -3.90. The van der Waals surface area contributed by atoms with Gasteiger partial charge in [0.15, 0.2) is 5.78 Å². The summed E-state index contributed by atoms with van der Waals surface area (Å²) in [5.41, 5.74) is 8.32. The van der Waals surface area contributed by atoms with E-state index in [0.29, 0.717) is 16.6 Å². The quantitative estimate of drug-likeness (QED) is 0.384. The van der Waals surface area contributed by atoms with Gasteiger partial charge < -0.3 is 15.0 Å². The predicted octanol–water partition coefficient (Wildman–Crippen LogP) is 3.94. The van der Waals surface area contributed by atoms with Crippen molar-refractivity contribution in [2.75, 3.05) is 17.6 Å². The van der Waals surface area contributed by atoms with Crippen LogP contribution in [0.5, 0.6) is 5.75 Å². The maximum atomic E-state index is 13.5. The van der Waals surface area contributed by atoms with E-state index < -0.39 is 10.0 Å². The van der Waals surface area contributed by atoms with Crippen molar-refractivity contribution in [3.8, 4) is 5.75 Å². The highest BCUT2D eigenvalue weighted by Crippen LogP contribution is 2.32. The number of nitrogens with one attached hydrogen (secondary N) is 1. The first-order chi connectivity index (χ1) is 16.1. The smallest absolute Gasteiger partial charge is 0.262 e. The van der Waals surface area contributed by atoms with Gasteiger partial charge in [0, 0.05) is 17.8 Å². The molecule has 3 N–H and O–H groups in total. The van der Waals surface area contributed by atoms with Gasteiger partial charge in [0.05, 0.1) is 28.6 Å². The van der Waals surface area contributed by atoms with Gasteiger partial charge in [0.1, 0.15) is 23.5 Å². The third-order valence-electron chi connectivity index (χ3n) is 5.48. The molecule has 4 rings (SSSR count). The number of nitrogens with two attached hydrogens (primary N) is 1. The summed E-state index contributed by atoms with van der Waals surface area (Å²) < 4.78 is 35.6. The summed E-state index contributed by atoms with van der Waals surface area (Å²) in [5, 5.41) is 0.457. The van der Waals surface area contributed by atoms with E-state index in [-0.39, 0.29) is 39.5 Å². The second kappa shape index (κ2) is 8.79. The molecule has 176 valence electrons. The fourth-order valence-corrected chi connectivity index (χ4v) is 4.74. The Labute approximate surface area is 197 Å². The van der Waals surface area contributed by atoms with Crippen LogP contribution in [0.2, 0.25) is 0 Å². The van der Waals surface area contributed by atoms with Crippen molar-refractivity contribution in [3.05, 3.63) is 71.7 Å². The highest BCUT2D eigenvalue weighted by molar-refractivity contribution is 7.92. The lowest BCUT2D eigenvalue weighted by Gasteiger charge is -2.13. The Kier molecular flexibility index (Phi) is 6.01. The van der Waals surface area contributed by atoms with Crippen molar-refractivity contribution >= 4 is 38.3 Å². The average Bonchev–Trinajstić information content (AvgIpc) is 3.20. The summed E-state index contributed by atoms with van der Waals surface area (Å²) in [7, 11) is -2.48. The van der Waals surface area contributed by atoms with Crippen LogP contribution in [-0.4, -0.2) is 35.8 Å². The lowest BCUT2D eigenvalue weighted by molar-refractivity contribution is 0.104. The highest BCUT2D eigenvalue weighted by Gasteiger charge is 2.23. The van der Waals surface area contributed by atoms with Crippen molar-refractivity contribution in [2.24, 2.45) is 0 Å². The summed E-state index contributed by atoms with van der Waals surface area (Å²) in [6.07, 6.45) is 3.05. The maximum absolute atomic E-state index is 13.5. The molecule has 10 heteroatoms. The zero-order valence-corrected chi connectivity index (χ0v) is 20.1. The zero-order valence-electron chi connectivity index (χ0n) is 19.2. The first-order valence-corrected chi connectivity index (χ1v) is 12.0. The molecular weight excluding hydrogens is 454 g/mol. The largest absolute Gasteiger partial charge is 0.495 e. The van der Waals surface area contributed by atoms with Crippen LogP contribution in [0.1, 0.15) is 41.4 Å². The molecule has 2 aromatic carbocycles. The van der Waals surface area contributed by atoms with Crippen LogP contribution in [0, 0.1) is 6.92 Å². The van der Waals surface area contributed by atoms with Crippen molar-refractivity contribution < 1.29 is 17.9 Å². The van der Waals surface area contributed by atoms with E-state index in [0.717, 1.165) is 5.56 Å². The van der Waals surface area contributed by atoms with Gasteiger partial charge >= 0.3 is 0 Å². The molecule has 0 fully saturated rings. The first kappa shape index (κ1) is 23.2. The molecule has 2 heterocycles. The number of anilines is 2. The molecule has 9 nitrogen and oxygen atoms in total. The van der Waals surface area contributed by atoms with Gasteiger partial charge in [-0.05, 0) is 51.1 Å². The normalized spacial score (nSPS) is 11.7. The van der Waals surface area contributed by atoms with E-state index in [9.17, 15) is 13.2 Å². The molecule has 0 atom stereocenters. The van der Waals surface area contributed by atoms with Gasteiger partial charge in [-0.25, -0.2) is 18.4 Å². The molecule has 0 bridgehead atoms. The van der Waals surface area contributed by atoms with Crippen LogP contribution in [0.3, 0.4) is 0 Å². The molecule has 4 aromatic rings. The fourth-order valence-electron chi connectivity index (χ4n) is 3.68. The molecule has 0 saturated carbocycles. The SMILES string of the molecule is COc1ccc(C(=O)c2cn(C(C)C)c3ncnc(N)c23)cc1NS(=O)(=O)c1ccc(C)cc1. The Hall–Kier alpha value is -3.92. The molecule has 0 saturated heterocycles. The van der Waals surface area contributed by atoms with Crippen molar-refractivity contribution in [3.63, 3.8) is 0 Å². The number of rotatable bonds is 7. The standard InChI is InChI=1S/C24H25N5O4S/c1-14(2)29-12-18(21-23(25)26-13-27-24(21)29)22(30)16-7-10-20(33-4)19(11-16)28-34(31,32)17-8-5-15(3)6-9-17/h5-14,28H,1-4H3,(H2,25,26,27). The number of ketones is 1. The number of ether oxygens (including phenoxy) is 1. The van der Waals surface area contributed by atoms with E-state index >= 15 is 0 Å². The number of carbonyl (C=O) groups is 1. The molecule has 34 heavy (non-hydrogen) atoms. The minimum absolute atomic E-state index is 0.0334. The number of nitrogens with zero attached hydrogens (tertiary/aromatic N) is 3. The number of nitrogen functional groups attached to an aromatic ring is 1. The summed E-state index contributed by atoms with van der Waals surface area (Å²) >= 11 is 0. The van der Waals surface area contributed by atoms with E-state index in [1.807, 2.05) is 25.3 Å². The predicted molar refractivity (Wildman–Crippen MR) is 131 cm³/mol. The fraction of sp³-hybridized carbons (Fsp3) is 0.208. The number of hydrogen-bond donors (Lipinski definition) is 2. The number of sulfonamides is 1. The Bertz CT molecular complexity index is 1490. The van der Waals surface area contributed by atoms with Crippen LogP contribution in [-0.2, 0) is 10.0 Å². The van der Waals surface area contributed by atoms with Crippen molar-refractivity contribution in [2.45, 2.75) is 31.7 Å². The van der Waals surface area contributed by atoms with Gasteiger partial charge in [-0.2, -0.15) is 0 Å². The third kappa shape index (κ3) is 4.19. The number of fused-ring (bicyclic) bond motifs is 1. The molecule has 0 amide bonds. The third-order valence-corrected chi connectivity index (χ3v) is 6.86. The van der Waals surface area contributed by atoms with E-state index in [1.54, 1.807) is 30.5 Å². The summed E-state index contributed by atoms with van der Waals surface area (Å²) in [4.78, 5) is 22.0. The lowest BCUT2D eigenvalue weighted by atomic mass is 10.0. The molecule has 0 aliphatic heterocycles. The zero-order chi connectivity index (χ0) is 24.6. The molecular formula is C24H25N5O4S. The molecule has 2 aromatic heterocycles. The number of methoxy groups -OCH3 is 1. The van der Waals surface area contributed by atoms with E-state index in [4.69, 9.17) is 10.5 Å². The number of hydrogen-bond acceptors (Lipinski definition) is 7. The van der Waals surface area contributed by atoms with Crippen LogP contribution in [0.15, 0.2) is 59.9 Å². The molecule has 0 aliphatic rings. The summed E-state index contributed by atoms with van der Waals surface area (Å²) in [6, 6.07) is 11.1. The lowest BCUT2D eigenvalue weighted by Crippen LogP contribution is -2.14. The van der Waals surface area contributed by atoms with Crippen LogP contribution in [0.4, 0.5) is 11.5 Å². The number of aryl methyl sites for hydroxylation is 1. The maximum Gasteiger partial charge on any atom is 0.262 e.